The van der Waals surface area contributed by atoms with Gasteiger partial charge in [-0.3, -0.25) is 4.79 Å². The van der Waals surface area contributed by atoms with Crippen LogP contribution >= 0.6 is 0 Å². The van der Waals surface area contributed by atoms with E-state index in [1.807, 2.05) is 19.1 Å². The Kier molecular flexibility index (Phi) is 4.51. The molecule has 0 aromatic carbocycles. The number of nitrogens with zero attached hydrogens (tertiary/aromatic N) is 1. The van der Waals surface area contributed by atoms with Gasteiger partial charge in [-0.1, -0.05) is 13.8 Å². The van der Waals surface area contributed by atoms with Crippen molar-refractivity contribution in [3.63, 3.8) is 0 Å². The lowest BCUT2D eigenvalue weighted by Crippen LogP contribution is -2.66. The number of rotatable bonds is 5. The zero-order chi connectivity index (χ0) is 14.0. The third kappa shape index (κ3) is 2.52. The summed E-state index contributed by atoms with van der Waals surface area (Å²) in [6.07, 6.45) is 5.46. The van der Waals surface area contributed by atoms with Crippen LogP contribution in [0, 0.1) is 5.41 Å². The van der Waals surface area contributed by atoms with Crippen LogP contribution in [0.5, 0.6) is 0 Å². The molecule has 110 valence electrons. The predicted molar refractivity (Wildman–Crippen MR) is 76.0 cm³/mol. The van der Waals surface area contributed by atoms with Gasteiger partial charge >= 0.3 is 0 Å². The first-order chi connectivity index (χ1) is 9.07. The second-order valence-corrected chi connectivity index (χ2v) is 6.13. The quantitative estimate of drug-likeness (QED) is 0.826. The lowest BCUT2D eigenvalue weighted by molar-refractivity contribution is -0.137. The number of ether oxygens (including phenoxy) is 1. The number of piperidine rings is 1. The van der Waals surface area contributed by atoms with Crippen molar-refractivity contribution in [2.45, 2.75) is 64.1 Å². The minimum atomic E-state index is 0.277. The molecule has 1 saturated heterocycles. The van der Waals surface area contributed by atoms with Crippen LogP contribution in [-0.4, -0.2) is 49.7 Å². The van der Waals surface area contributed by atoms with E-state index in [1.165, 1.54) is 0 Å². The van der Waals surface area contributed by atoms with Crippen molar-refractivity contribution >= 4 is 5.91 Å². The lowest BCUT2D eigenvalue weighted by Gasteiger charge is -2.56. The Bertz CT molecular complexity index is 328. The molecule has 1 saturated carbocycles. The molecule has 0 bridgehead atoms. The summed E-state index contributed by atoms with van der Waals surface area (Å²) in [5.41, 5.74) is 0.286. The summed E-state index contributed by atoms with van der Waals surface area (Å²) in [6, 6.07) is 0.988. The predicted octanol–water partition coefficient (Wildman–Crippen LogP) is 1.79. The molecule has 1 N–H and O–H groups in total. The summed E-state index contributed by atoms with van der Waals surface area (Å²) in [5, 5.41) is 3.79. The highest BCUT2D eigenvalue weighted by molar-refractivity contribution is 5.76. The summed E-state index contributed by atoms with van der Waals surface area (Å²) in [7, 11) is 3.73. The summed E-state index contributed by atoms with van der Waals surface area (Å²) in [5.74, 6) is 0.277. The second kappa shape index (κ2) is 5.80. The maximum Gasteiger partial charge on any atom is 0.222 e. The molecule has 3 atom stereocenters. The Hall–Kier alpha value is -0.610. The van der Waals surface area contributed by atoms with Gasteiger partial charge in [-0.15, -0.1) is 0 Å². The minimum Gasteiger partial charge on any atom is -0.381 e. The van der Waals surface area contributed by atoms with Crippen molar-refractivity contribution in [2.75, 3.05) is 20.7 Å². The van der Waals surface area contributed by atoms with Gasteiger partial charge < -0.3 is 15.0 Å². The van der Waals surface area contributed by atoms with E-state index in [0.717, 1.165) is 32.2 Å². The van der Waals surface area contributed by atoms with E-state index in [1.54, 1.807) is 0 Å². The van der Waals surface area contributed by atoms with Crippen LogP contribution in [0.1, 0.15) is 46.0 Å². The smallest absolute Gasteiger partial charge is 0.222 e. The Morgan fingerprint density at radius 1 is 1.42 bits per heavy atom. The van der Waals surface area contributed by atoms with E-state index < -0.39 is 0 Å². The number of amides is 1. The van der Waals surface area contributed by atoms with Crippen LogP contribution in [0.4, 0.5) is 0 Å². The summed E-state index contributed by atoms with van der Waals surface area (Å²) < 4.78 is 5.64. The van der Waals surface area contributed by atoms with Gasteiger partial charge in [0.1, 0.15) is 0 Å². The van der Waals surface area contributed by atoms with Crippen molar-refractivity contribution in [3.8, 4) is 0 Å². The number of carbonyl (C=O) groups excluding carboxylic acids is 1. The largest absolute Gasteiger partial charge is 0.381 e. The first-order valence-corrected chi connectivity index (χ1v) is 7.60. The third-order valence-electron chi connectivity index (χ3n) is 5.45. The third-order valence-corrected chi connectivity index (χ3v) is 5.45. The van der Waals surface area contributed by atoms with Crippen molar-refractivity contribution in [3.05, 3.63) is 0 Å². The summed E-state index contributed by atoms with van der Waals surface area (Å²) in [6.45, 7) is 5.37. The van der Waals surface area contributed by atoms with E-state index in [4.69, 9.17) is 4.74 Å². The summed E-state index contributed by atoms with van der Waals surface area (Å²) >= 11 is 0. The number of hydrogen-bond acceptors (Lipinski definition) is 3. The van der Waals surface area contributed by atoms with Crippen LogP contribution in [0.3, 0.4) is 0 Å². The number of carbonyl (C=O) groups is 1. The Balaban J connectivity index is 1.94. The van der Waals surface area contributed by atoms with Crippen LogP contribution in [0.15, 0.2) is 0 Å². The fraction of sp³-hybridized carbons (Fsp3) is 0.933. The van der Waals surface area contributed by atoms with Gasteiger partial charge in [-0.25, -0.2) is 0 Å². The maximum absolute atomic E-state index is 11.5. The molecule has 4 heteroatoms. The normalized spacial score (nSPS) is 34.2. The van der Waals surface area contributed by atoms with Crippen molar-refractivity contribution in [2.24, 2.45) is 5.41 Å². The van der Waals surface area contributed by atoms with Crippen molar-refractivity contribution in [1.29, 1.82) is 0 Å². The van der Waals surface area contributed by atoms with Crippen LogP contribution in [0.25, 0.3) is 0 Å². The van der Waals surface area contributed by atoms with Gasteiger partial charge in [-0.2, -0.15) is 0 Å². The summed E-state index contributed by atoms with van der Waals surface area (Å²) in [4.78, 5) is 13.4. The molecule has 1 aliphatic carbocycles. The van der Waals surface area contributed by atoms with E-state index in [9.17, 15) is 4.79 Å². The van der Waals surface area contributed by atoms with Crippen molar-refractivity contribution in [1.82, 2.24) is 10.2 Å². The maximum atomic E-state index is 11.5. The monoisotopic (exact) mass is 268 g/mol. The first-order valence-electron chi connectivity index (χ1n) is 7.60. The first kappa shape index (κ1) is 14.8. The minimum absolute atomic E-state index is 0.277. The Labute approximate surface area is 116 Å². The molecule has 2 fully saturated rings. The van der Waals surface area contributed by atoms with E-state index in [2.05, 4.69) is 19.2 Å². The molecule has 19 heavy (non-hydrogen) atoms. The molecule has 1 aliphatic heterocycles. The molecule has 4 nitrogen and oxygen atoms in total. The zero-order valence-corrected chi connectivity index (χ0v) is 12.7. The molecular weight excluding hydrogens is 240 g/mol. The fourth-order valence-corrected chi connectivity index (χ4v) is 3.94. The fourth-order valence-electron chi connectivity index (χ4n) is 3.94. The molecule has 3 unspecified atom stereocenters. The van der Waals surface area contributed by atoms with Crippen molar-refractivity contribution < 1.29 is 9.53 Å². The topological polar surface area (TPSA) is 41.6 Å². The Morgan fingerprint density at radius 2 is 2.11 bits per heavy atom. The van der Waals surface area contributed by atoms with Gasteiger partial charge in [0.15, 0.2) is 0 Å². The van der Waals surface area contributed by atoms with Crippen LogP contribution in [0.2, 0.25) is 0 Å². The van der Waals surface area contributed by atoms with Gasteiger partial charge in [0.2, 0.25) is 5.91 Å². The number of hydrogen-bond donors (Lipinski definition) is 1. The molecule has 0 aromatic rings. The average molecular weight is 268 g/mol. The lowest BCUT2D eigenvalue weighted by atomic mass is 9.58. The van der Waals surface area contributed by atoms with E-state index >= 15 is 0 Å². The molecule has 0 radical (unpaired) electrons. The number of likely N-dealkylation sites (N-methyl/N-ethyl adjacent to an activating group) is 1. The molecular formula is C15H28N2O2. The van der Waals surface area contributed by atoms with Gasteiger partial charge in [0.05, 0.1) is 6.10 Å². The van der Waals surface area contributed by atoms with Gasteiger partial charge in [0, 0.05) is 44.6 Å². The molecule has 1 heterocycles. The van der Waals surface area contributed by atoms with E-state index in [-0.39, 0.29) is 11.3 Å². The van der Waals surface area contributed by atoms with Gasteiger partial charge in [0.25, 0.3) is 0 Å². The standard InChI is InChI=1S/C15H28N2O2/c1-5-15(6-2)12(9-13(15)19-4)16-11-7-8-14(18)17(3)10-11/h11-13,16H,5-10H2,1-4H3. The highest BCUT2D eigenvalue weighted by atomic mass is 16.5. The van der Waals surface area contributed by atoms with E-state index in [0.29, 0.717) is 24.6 Å². The molecule has 2 rings (SSSR count). The number of nitrogens with one attached hydrogen (secondary N) is 1. The average Bonchev–Trinajstić information content (AvgIpc) is 2.40. The molecule has 1 amide bonds. The van der Waals surface area contributed by atoms with Gasteiger partial charge in [-0.05, 0) is 25.7 Å². The molecule has 0 aromatic heterocycles. The van der Waals surface area contributed by atoms with Crippen LogP contribution in [-0.2, 0) is 9.53 Å². The highest BCUT2D eigenvalue weighted by Crippen LogP contribution is 2.48. The highest BCUT2D eigenvalue weighted by Gasteiger charge is 2.53. The zero-order valence-electron chi connectivity index (χ0n) is 12.7. The number of likely N-dealkylation sites (tertiary alicyclic amines) is 1. The number of methoxy groups -OCH3 is 1. The van der Waals surface area contributed by atoms with Crippen LogP contribution < -0.4 is 5.32 Å². The Morgan fingerprint density at radius 3 is 2.63 bits per heavy atom. The molecule has 0 spiro atoms. The molecule has 2 aliphatic rings. The second-order valence-electron chi connectivity index (χ2n) is 6.13. The SMILES string of the molecule is CCC1(CC)C(NC2CCC(=O)N(C)C2)CC1OC.